The molecule has 0 aliphatic heterocycles. The van der Waals surface area contributed by atoms with E-state index in [1.54, 1.807) is 6.20 Å². The Balaban J connectivity index is 2.56. The summed E-state index contributed by atoms with van der Waals surface area (Å²) in [5, 5.41) is 10.7. The first-order chi connectivity index (χ1) is 9.20. The van der Waals surface area contributed by atoms with E-state index in [9.17, 15) is 4.79 Å². The summed E-state index contributed by atoms with van der Waals surface area (Å²) in [6, 6.07) is 0. The van der Waals surface area contributed by atoms with Crippen LogP contribution >= 0.6 is 15.9 Å². The summed E-state index contributed by atoms with van der Waals surface area (Å²) in [6.45, 7) is 7.64. The van der Waals surface area contributed by atoms with Crippen molar-refractivity contribution in [3.8, 4) is 0 Å². The van der Waals surface area contributed by atoms with Crippen LogP contribution in [0.5, 0.6) is 0 Å². The van der Waals surface area contributed by atoms with E-state index in [2.05, 4.69) is 45.5 Å². The zero-order valence-corrected chi connectivity index (χ0v) is 13.3. The van der Waals surface area contributed by atoms with Crippen LogP contribution in [0.4, 0.5) is 5.69 Å². The fourth-order valence-electron chi connectivity index (χ4n) is 1.67. The highest BCUT2D eigenvalue weighted by molar-refractivity contribution is 9.10. The molecule has 2 N–H and O–H groups in total. The summed E-state index contributed by atoms with van der Waals surface area (Å²) in [6.07, 6.45) is 4.75. The quantitative estimate of drug-likeness (QED) is 0.681. The van der Waals surface area contributed by atoms with Crippen LogP contribution in [-0.4, -0.2) is 29.4 Å². The molecule has 0 radical (unpaired) electrons. The second-order valence-electron chi connectivity index (χ2n) is 4.39. The molecule has 108 valence electrons. The van der Waals surface area contributed by atoms with Crippen molar-refractivity contribution in [3.63, 3.8) is 0 Å². The molecule has 0 fully saturated rings. The van der Waals surface area contributed by atoms with Gasteiger partial charge in [-0.15, -0.1) is 0 Å². The van der Waals surface area contributed by atoms with Crippen LogP contribution in [0.15, 0.2) is 15.5 Å². The van der Waals surface area contributed by atoms with Crippen molar-refractivity contribution in [2.24, 2.45) is 0 Å². The molecular formula is C13H23BrN4O. The number of nitrogens with one attached hydrogen (secondary N) is 2. The van der Waals surface area contributed by atoms with Gasteiger partial charge in [0.2, 0.25) is 0 Å². The Morgan fingerprint density at radius 3 is 2.79 bits per heavy atom. The standard InChI is InChI=1S/C13H23BrN4O/c1-3-5-9-18-13(19)12(14)11(10-17-18)16-8-6-7-15-4-2/h10,15-16H,3-9H2,1-2H3. The van der Waals surface area contributed by atoms with Crippen molar-refractivity contribution in [3.05, 3.63) is 21.0 Å². The van der Waals surface area contributed by atoms with Gasteiger partial charge < -0.3 is 10.6 Å². The van der Waals surface area contributed by atoms with Gasteiger partial charge in [0, 0.05) is 13.1 Å². The molecule has 0 aliphatic rings. The lowest BCUT2D eigenvalue weighted by Crippen LogP contribution is -2.25. The van der Waals surface area contributed by atoms with E-state index in [0.29, 0.717) is 11.0 Å². The number of anilines is 1. The predicted octanol–water partition coefficient (Wildman–Crippen LogP) is 2.22. The zero-order valence-electron chi connectivity index (χ0n) is 11.7. The lowest BCUT2D eigenvalue weighted by molar-refractivity contribution is 0.541. The van der Waals surface area contributed by atoms with E-state index in [4.69, 9.17) is 0 Å². The molecule has 0 aliphatic carbocycles. The molecule has 1 heterocycles. The molecule has 5 nitrogen and oxygen atoms in total. The Morgan fingerprint density at radius 1 is 1.32 bits per heavy atom. The van der Waals surface area contributed by atoms with Crippen molar-refractivity contribution in [1.29, 1.82) is 0 Å². The van der Waals surface area contributed by atoms with Gasteiger partial charge in [-0.1, -0.05) is 20.3 Å². The summed E-state index contributed by atoms with van der Waals surface area (Å²) in [5.74, 6) is 0. The van der Waals surface area contributed by atoms with Crippen LogP contribution < -0.4 is 16.2 Å². The molecule has 0 atom stereocenters. The lowest BCUT2D eigenvalue weighted by Gasteiger charge is -2.10. The molecule has 1 aromatic heterocycles. The zero-order chi connectivity index (χ0) is 14.1. The Bertz CT molecular complexity index is 433. The van der Waals surface area contributed by atoms with E-state index >= 15 is 0 Å². The minimum atomic E-state index is -0.0647. The summed E-state index contributed by atoms with van der Waals surface area (Å²) in [5.41, 5.74) is 0.708. The second-order valence-corrected chi connectivity index (χ2v) is 5.18. The Labute approximate surface area is 122 Å². The van der Waals surface area contributed by atoms with E-state index in [1.807, 2.05) is 0 Å². The highest BCUT2D eigenvalue weighted by Crippen LogP contribution is 2.15. The predicted molar refractivity (Wildman–Crippen MR) is 82.8 cm³/mol. The highest BCUT2D eigenvalue weighted by Gasteiger charge is 2.07. The second kappa shape index (κ2) is 9.09. The number of nitrogens with zero attached hydrogens (tertiary/aromatic N) is 2. The van der Waals surface area contributed by atoms with E-state index in [1.165, 1.54) is 4.68 Å². The number of rotatable bonds is 9. The van der Waals surface area contributed by atoms with Crippen molar-refractivity contribution >= 4 is 21.6 Å². The average Bonchev–Trinajstić information content (AvgIpc) is 2.42. The molecule has 0 spiro atoms. The van der Waals surface area contributed by atoms with Gasteiger partial charge in [-0.3, -0.25) is 4.79 Å². The first kappa shape index (κ1) is 16.2. The third kappa shape index (κ3) is 5.32. The molecule has 0 amide bonds. The maximum atomic E-state index is 12.0. The lowest BCUT2D eigenvalue weighted by atomic mass is 10.3. The van der Waals surface area contributed by atoms with Gasteiger partial charge in [-0.25, -0.2) is 4.68 Å². The molecular weight excluding hydrogens is 308 g/mol. The Morgan fingerprint density at radius 2 is 2.11 bits per heavy atom. The summed E-state index contributed by atoms with van der Waals surface area (Å²) in [4.78, 5) is 12.0. The summed E-state index contributed by atoms with van der Waals surface area (Å²) >= 11 is 3.35. The number of hydrogen-bond acceptors (Lipinski definition) is 4. The topological polar surface area (TPSA) is 59.0 Å². The van der Waals surface area contributed by atoms with E-state index in [-0.39, 0.29) is 5.56 Å². The van der Waals surface area contributed by atoms with Gasteiger partial charge in [0.15, 0.2) is 0 Å². The molecule has 0 aromatic carbocycles. The van der Waals surface area contributed by atoms with Gasteiger partial charge >= 0.3 is 0 Å². The molecule has 0 saturated carbocycles. The third-order valence-electron chi connectivity index (χ3n) is 2.80. The molecule has 6 heteroatoms. The number of unbranched alkanes of at least 4 members (excludes halogenated alkanes) is 1. The van der Waals surface area contributed by atoms with Gasteiger partial charge in [0.05, 0.1) is 11.9 Å². The molecule has 19 heavy (non-hydrogen) atoms. The van der Waals surface area contributed by atoms with Crippen molar-refractivity contribution in [1.82, 2.24) is 15.1 Å². The van der Waals surface area contributed by atoms with Crippen LogP contribution in [0.1, 0.15) is 33.1 Å². The van der Waals surface area contributed by atoms with Gasteiger partial charge in [-0.2, -0.15) is 5.10 Å². The SMILES string of the molecule is CCCCn1ncc(NCCCNCC)c(Br)c1=O. The maximum Gasteiger partial charge on any atom is 0.283 e. The van der Waals surface area contributed by atoms with Crippen molar-refractivity contribution in [2.45, 2.75) is 39.7 Å². The normalized spacial score (nSPS) is 10.7. The first-order valence-corrected chi connectivity index (χ1v) is 7.70. The first-order valence-electron chi connectivity index (χ1n) is 6.90. The minimum Gasteiger partial charge on any atom is -0.383 e. The van der Waals surface area contributed by atoms with Crippen LogP contribution in [-0.2, 0) is 6.54 Å². The molecule has 0 saturated heterocycles. The minimum absolute atomic E-state index is 0.0647. The van der Waals surface area contributed by atoms with Crippen LogP contribution in [0, 0.1) is 0 Å². The Hall–Kier alpha value is -0.880. The number of aromatic nitrogens is 2. The van der Waals surface area contributed by atoms with E-state index < -0.39 is 0 Å². The van der Waals surface area contributed by atoms with Gasteiger partial charge in [0.1, 0.15) is 4.47 Å². The van der Waals surface area contributed by atoms with Crippen LogP contribution in [0.3, 0.4) is 0 Å². The Kier molecular flexibility index (Phi) is 7.74. The average molecular weight is 331 g/mol. The third-order valence-corrected chi connectivity index (χ3v) is 3.57. The summed E-state index contributed by atoms with van der Waals surface area (Å²) in [7, 11) is 0. The van der Waals surface area contributed by atoms with Crippen LogP contribution in [0.25, 0.3) is 0 Å². The number of halogens is 1. The number of aryl methyl sites for hydroxylation is 1. The van der Waals surface area contributed by atoms with Gasteiger partial charge in [-0.05, 0) is 41.9 Å². The monoisotopic (exact) mass is 330 g/mol. The molecule has 1 rings (SSSR count). The van der Waals surface area contributed by atoms with Crippen molar-refractivity contribution < 1.29 is 0 Å². The molecule has 0 unspecified atom stereocenters. The largest absolute Gasteiger partial charge is 0.383 e. The molecule has 1 aromatic rings. The highest BCUT2D eigenvalue weighted by atomic mass is 79.9. The van der Waals surface area contributed by atoms with Crippen molar-refractivity contribution in [2.75, 3.05) is 25.0 Å². The van der Waals surface area contributed by atoms with Crippen LogP contribution in [0.2, 0.25) is 0 Å². The van der Waals surface area contributed by atoms with Gasteiger partial charge in [0.25, 0.3) is 5.56 Å². The summed E-state index contributed by atoms with van der Waals surface area (Å²) < 4.78 is 2.08. The fraction of sp³-hybridized carbons (Fsp3) is 0.692. The molecule has 0 bridgehead atoms. The fourth-order valence-corrected chi connectivity index (χ4v) is 2.12. The smallest absolute Gasteiger partial charge is 0.283 e. The maximum absolute atomic E-state index is 12.0. The van der Waals surface area contributed by atoms with E-state index in [0.717, 1.165) is 44.6 Å². The number of hydrogen-bond donors (Lipinski definition) is 2.